The van der Waals surface area contributed by atoms with Gasteiger partial charge in [-0.3, -0.25) is 0 Å². The van der Waals surface area contributed by atoms with Gasteiger partial charge >= 0.3 is 0 Å². The maximum atomic E-state index is 5.99. The van der Waals surface area contributed by atoms with Crippen molar-refractivity contribution in [1.29, 1.82) is 0 Å². The van der Waals surface area contributed by atoms with E-state index >= 15 is 0 Å². The molecule has 0 amide bonds. The highest BCUT2D eigenvalue weighted by molar-refractivity contribution is 5.44. The Balaban J connectivity index is 1.86. The van der Waals surface area contributed by atoms with Gasteiger partial charge in [-0.25, -0.2) is 4.98 Å². The summed E-state index contributed by atoms with van der Waals surface area (Å²) in [6, 6.07) is -0.0961. The number of rotatable bonds is 3. The molecule has 0 aromatic carbocycles. The molecule has 2 N–H and O–H groups in total. The fraction of sp³-hybridized carbons (Fsp3) is 0.500. The van der Waals surface area contributed by atoms with Crippen LogP contribution in [0, 0.1) is 5.92 Å². The van der Waals surface area contributed by atoms with Crippen LogP contribution in [-0.2, 0) is 7.05 Å². The van der Waals surface area contributed by atoms with Crippen molar-refractivity contribution in [3.05, 3.63) is 18.3 Å². The van der Waals surface area contributed by atoms with Gasteiger partial charge in [0.1, 0.15) is 5.69 Å². The minimum atomic E-state index is -0.0961. The lowest BCUT2D eigenvalue weighted by molar-refractivity contribution is 0.410. The van der Waals surface area contributed by atoms with Crippen molar-refractivity contribution in [2.24, 2.45) is 18.7 Å². The topological polar surface area (TPSA) is 82.8 Å². The minimum Gasteiger partial charge on any atom is -0.340 e. The van der Waals surface area contributed by atoms with Crippen molar-refractivity contribution in [1.82, 2.24) is 19.7 Å². The molecule has 0 bridgehead atoms. The van der Waals surface area contributed by atoms with E-state index < -0.39 is 0 Å². The SMILES string of the molecule is Cn1cnc(-c2nc(C(N)C3CC3)no2)c1. The number of aryl methyl sites for hydroxylation is 1. The zero-order valence-corrected chi connectivity index (χ0v) is 9.00. The van der Waals surface area contributed by atoms with Gasteiger partial charge in [-0.05, 0) is 18.8 Å². The molecule has 3 rings (SSSR count). The predicted octanol–water partition coefficient (Wildman–Crippen LogP) is 0.880. The molecule has 1 saturated carbocycles. The molecular weight excluding hydrogens is 206 g/mol. The normalized spacial score (nSPS) is 17.6. The Kier molecular flexibility index (Phi) is 2.03. The standard InChI is InChI=1S/C10H13N5O/c1-15-4-7(12-5-15)10-13-9(14-16-10)8(11)6-2-3-6/h4-6,8H,2-3,11H2,1H3. The minimum absolute atomic E-state index is 0.0961. The number of hydrogen-bond donors (Lipinski definition) is 1. The fourth-order valence-corrected chi connectivity index (χ4v) is 1.66. The van der Waals surface area contributed by atoms with E-state index in [0.29, 0.717) is 23.3 Å². The summed E-state index contributed by atoms with van der Waals surface area (Å²) in [5.74, 6) is 1.55. The van der Waals surface area contributed by atoms with E-state index in [-0.39, 0.29) is 6.04 Å². The van der Waals surface area contributed by atoms with E-state index in [1.54, 1.807) is 6.33 Å². The van der Waals surface area contributed by atoms with Crippen LogP contribution in [0.5, 0.6) is 0 Å². The molecule has 1 fully saturated rings. The van der Waals surface area contributed by atoms with Crippen LogP contribution in [0.4, 0.5) is 0 Å². The first-order valence-corrected chi connectivity index (χ1v) is 5.31. The maximum absolute atomic E-state index is 5.99. The highest BCUT2D eigenvalue weighted by atomic mass is 16.5. The van der Waals surface area contributed by atoms with Crippen molar-refractivity contribution in [3.63, 3.8) is 0 Å². The highest BCUT2D eigenvalue weighted by Crippen LogP contribution is 2.38. The maximum Gasteiger partial charge on any atom is 0.278 e. The highest BCUT2D eigenvalue weighted by Gasteiger charge is 2.32. The molecule has 0 spiro atoms. The Bertz CT molecular complexity index is 499. The van der Waals surface area contributed by atoms with E-state index in [1.807, 2.05) is 17.8 Å². The molecule has 1 unspecified atom stereocenters. The van der Waals surface area contributed by atoms with Gasteiger partial charge in [0.15, 0.2) is 5.82 Å². The predicted molar refractivity (Wildman–Crippen MR) is 56.2 cm³/mol. The van der Waals surface area contributed by atoms with Crippen molar-refractivity contribution in [2.75, 3.05) is 0 Å². The molecule has 0 radical (unpaired) electrons. The second-order valence-corrected chi connectivity index (χ2v) is 4.25. The fourth-order valence-electron chi connectivity index (χ4n) is 1.66. The van der Waals surface area contributed by atoms with Crippen LogP contribution in [0.25, 0.3) is 11.6 Å². The Hall–Kier alpha value is -1.69. The van der Waals surface area contributed by atoms with E-state index in [9.17, 15) is 0 Å². The Morgan fingerprint density at radius 2 is 2.38 bits per heavy atom. The number of nitrogens with zero attached hydrogens (tertiary/aromatic N) is 4. The number of imidazole rings is 1. The van der Waals surface area contributed by atoms with Crippen molar-refractivity contribution in [2.45, 2.75) is 18.9 Å². The molecule has 1 aliphatic rings. The summed E-state index contributed by atoms with van der Waals surface area (Å²) in [4.78, 5) is 8.42. The third-order valence-electron chi connectivity index (χ3n) is 2.79. The molecule has 0 aliphatic heterocycles. The molecule has 6 nitrogen and oxygen atoms in total. The lowest BCUT2D eigenvalue weighted by Crippen LogP contribution is -2.13. The summed E-state index contributed by atoms with van der Waals surface area (Å²) in [6.45, 7) is 0. The van der Waals surface area contributed by atoms with Crippen LogP contribution in [0.15, 0.2) is 17.0 Å². The van der Waals surface area contributed by atoms with E-state index in [4.69, 9.17) is 10.3 Å². The molecule has 84 valence electrons. The Morgan fingerprint density at radius 3 is 3.00 bits per heavy atom. The average Bonchev–Trinajstić information content (AvgIpc) is 2.84. The van der Waals surface area contributed by atoms with Crippen LogP contribution in [0.2, 0.25) is 0 Å². The zero-order chi connectivity index (χ0) is 11.1. The van der Waals surface area contributed by atoms with Crippen molar-refractivity contribution >= 4 is 0 Å². The zero-order valence-electron chi connectivity index (χ0n) is 9.00. The molecule has 2 aromatic rings. The molecule has 16 heavy (non-hydrogen) atoms. The third kappa shape index (κ3) is 1.61. The van der Waals surface area contributed by atoms with Crippen LogP contribution in [-0.4, -0.2) is 19.7 Å². The van der Waals surface area contributed by atoms with Crippen molar-refractivity contribution in [3.8, 4) is 11.6 Å². The average molecular weight is 219 g/mol. The van der Waals surface area contributed by atoms with E-state index in [0.717, 1.165) is 12.8 Å². The summed E-state index contributed by atoms with van der Waals surface area (Å²) < 4.78 is 6.98. The van der Waals surface area contributed by atoms with Crippen LogP contribution in [0.3, 0.4) is 0 Å². The first-order valence-electron chi connectivity index (χ1n) is 5.31. The summed E-state index contributed by atoms with van der Waals surface area (Å²) >= 11 is 0. The van der Waals surface area contributed by atoms with Crippen LogP contribution < -0.4 is 5.73 Å². The Labute approximate surface area is 92.5 Å². The quantitative estimate of drug-likeness (QED) is 0.828. The van der Waals surface area contributed by atoms with Gasteiger partial charge in [-0.15, -0.1) is 0 Å². The first kappa shape index (κ1) is 9.53. The van der Waals surface area contributed by atoms with E-state index in [2.05, 4.69) is 15.1 Å². The second-order valence-electron chi connectivity index (χ2n) is 4.25. The second kappa shape index (κ2) is 3.41. The number of hydrogen-bond acceptors (Lipinski definition) is 5. The van der Waals surface area contributed by atoms with Crippen molar-refractivity contribution < 1.29 is 4.52 Å². The third-order valence-corrected chi connectivity index (χ3v) is 2.79. The number of aromatic nitrogens is 4. The summed E-state index contributed by atoms with van der Waals surface area (Å²) in [5.41, 5.74) is 6.67. The smallest absolute Gasteiger partial charge is 0.278 e. The molecule has 2 aromatic heterocycles. The molecule has 1 aliphatic carbocycles. The summed E-state index contributed by atoms with van der Waals surface area (Å²) in [6.07, 6.45) is 5.85. The monoisotopic (exact) mass is 219 g/mol. The summed E-state index contributed by atoms with van der Waals surface area (Å²) in [7, 11) is 1.89. The molecule has 1 atom stereocenters. The van der Waals surface area contributed by atoms with Gasteiger partial charge in [-0.1, -0.05) is 5.16 Å². The largest absolute Gasteiger partial charge is 0.340 e. The lowest BCUT2D eigenvalue weighted by Gasteiger charge is -2.01. The molecule has 2 heterocycles. The van der Waals surface area contributed by atoms with E-state index in [1.165, 1.54) is 0 Å². The van der Waals surface area contributed by atoms with Gasteiger partial charge in [0.25, 0.3) is 5.89 Å². The van der Waals surface area contributed by atoms with Gasteiger partial charge < -0.3 is 14.8 Å². The van der Waals surface area contributed by atoms with Crippen LogP contribution in [0.1, 0.15) is 24.7 Å². The molecule has 6 heteroatoms. The molecular formula is C10H13N5O. The summed E-state index contributed by atoms with van der Waals surface area (Å²) in [5, 5.41) is 3.90. The van der Waals surface area contributed by atoms with Gasteiger partial charge in [0.05, 0.1) is 12.4 Å². The van der Waals surface area contributed by atoms with Crippen LogP contribution >= 0.6 is 0 Å². The lowest BCUT2D eigenvalue weighted by atomic mass is 10.2. The number of nitrogens with two attached hydrogens (primary N) is 1. The van der Waals surface area contributed by atoms with Gasteiger partial charge in [0.2, 0.25) is 0 Å². The van der Waals surface area contributed by atoms with Gasteiger partial charge in [0, 0.05) is 13.2 Å². The Morgan fingerprint density at radius 1 is 1.56 bits per heavy atom. The first-order chi connectivity index (χ1) is 7.74. The van der Waals surface area contributed by atoms with Gasteiger partial charge in [-0.2, -0.15) is 4.98 Å². The molecule has 0 saturated heterocycles.